The summed E-state index contributed by atoms with van der Waals surface area (Å²) in [7, 11) is 0. The van der Waals surface area contributed by atoms with Gasteiger partial charge in [0.05, 0.1) is 15.9 Å². The van der Waals surface area contributed by atoms with Crippen molar-refractivity contribution in [2.45, 2.75) is 6.92 Å². The molecule has 0 atom stereocenters. The van der Waals surface area contributed by atoms with Crippen molar-refractivity contribution >= 4 is 17.1 Å². The van der Waals surface area contributed by atoms with E-state index in [1.165, 1.54) is 24.3 Å². The monoisotopic (exact) mass is 289 g/mol. The minimum absolute atomic E-state index is 0.00880. The van der Waals surface area contributed by atoms with Crippen molar-refractivity contribution in [1.82, 2.24) is 0 Å². The van der Waals surface area contributed by atoms with E-state index in [1.54, 1.807) is 13.0 Å². The molecule has 8 nitrogen and oxygen atoms in total. The number of aryl methyl sites for hydroxylation is 1. The lowest BCUT2D eigenvalue weighted by Gasteiger charge is -2.07. The van der Waals surface area contributed by atoms with E-state index in [0.29, 0.717) is 5.56 Å². The lowest BCUT2D eigenvalue weighted by Crippen LogP contribution is -1.96. The number of hydrogen-bond donors (Lipinski definition) is 1. The van der Waals surface area contributed by atoms with E-state index in [9.17, 15) is 20.2 Å². The standard InChI is InChI=1S/C13H11N3O5/c1-8-2-3-13(12(4-8)16(19)20)21-11-6-9(14)5-10(7-11)15(17)18/h2-7H,14H2,1H3. The minimum Gasteiger partial charge on any atom is -0.450 e. The molecule has 2 aromatic carbocycles. The van der Waals surface area contributed by atoms with Gasteiger partial charge in [-0.15, -0.1) is 0 Å². The van der Waals surface area contributed by atoms with E-state index < -0.39 is 9.85 Å². The molecule has 0 bridgehead atoms. The number of non-ortho nitro benzene ring substituents is 1. The maximum Gasteiger partial charge on any atom is 0.311 e. The fourth-order valence-electron chi connectivity index (χ4n) is 1.75. The number of anilines is 1. The Balaban J connectivity index is 2.43. The highest BCUT2D eigenvalue weighted by Crippen LogP contribution is 2.34. The van der Waals surface area contributed by atoms with Crippen LogP contribution in [0.4, 0.5) is 17.1 Å². The second kappa shape index (κ2) is 5.45. The first-order chi connectivity index (χ1) is 9.86. The molecule has 0 aliphatic heterocycles. The molecule has 0 spiro atoms. The molecule has 0 amide bonds. The summed E-state index contributed by atoms with van der Waals surface area (Å²) < 4.78 is 5.37. The van der Waals surface area contributed by atoms with Gasteiger partial charge >= 0.3 is 5.69 Å². The quantitative estimate of drug-likeness (QED) is 0.524. The molecule has 2 rings (SSSR count). The smallest absolute Gasteiger partial charge is 0.311 e. The van der Waals surface area contributed by atoms with Gasteiger partial charge in [0.15, 0.2) is 0 Å². The summed E-state index contributed by atoms with van der Waals surface area (Å²) in [5, 5.41) is 21.8. The van der Waals surface area contributed by atoms with Crippen LogP contribution in [0.2, 0.25) is 0 Å². The molecule has 0 aliphatic carbocycles. The first-order valence-corrected chi connectivity index (χ1v) is 5.84. The van der Waals surface area contributed by atoms with Gasteiger partial charge in [-0.05, 0) is 18.6 Å². The molecule has 108 valence electrons. The molecule has 0 aromatic heterocycles. The van der Waals surface area contributed by atoms with E-state index >= 15 is 0 Å². The summed E-state index contributed by atoms with van der Waals surface area (Å²) in [6.45, 7) is 1.71. The maximum absolute atomic E-state index is 11.0. The fourth-order valence-corrected chi connectivity index (χ4v) is 1.75. The van der Waals surface area contributed by atoms with Gasteiger partial charge in [0.25, 0.3) is 5.69 Å². The third kappa shape index (κ3) is 3.24. The van der Waals surface area contributed by atoms with E-state index in [4.69, 9.17) is 10.5 Å². The predicted octanol–water partition coefficient (Wildman–Crippen LogP) is 3.19. The lowest BCUT2D eigenvalue weighted by atomic mass is 10.2. The topological polar surface area (TPSA) is 122 Å². The normalized spacial score (nSPS) is 10.1. The number of benzene rings is 2. The van der Waals surface area contributed by atoms with Crippen LogP contribution in [0.1, 0.15) is 5.56 Å². The molecule has 0 fully saturated rings. The van der Waals surface area contributed by atoms with Crippen LogP contribution >= 0.6 is 0 Å². The van der Waals surface area contributed by atoms with Gasteiger partial charge in [-0.25, -0.2) is 0 Å². The van der Waals surface area contributed by atoms with Gasteiger partial charge in [0.1, 0.15) is 5.75 Å². The Labute approximate surface area is 119 Å². The molecule has 0 heterocycles. The number of hydrogen-bond acceptors (Lipinski definition) is 6. The van der Waals surface area contributed by atoms with E-state index in [1.807, 2.05) is 0 Å². The first-order valence-electron chi connectivity index (χ1n) is 5.84. The fraction of sp³-hybridized carbons (Fsp3) is 0.0769. The molecule has 2 aromatic rings. The van der Waals surface area contributed by atoms with Crippen LogP contribution in [0.25, 0.3) is 0 Å². The maximum atomic E-state index is 11.0. The Bertz CT molecular complexity index is 730. The first kappa shape index (κ1) is 14.3. The van der Waals surface area contributed by atoms with Crippen LogP contribution in [-0.4, -0.2) is 9.85 Å². The average molecular weight is 289 g/mol. The molecule has 0 radical (unpaired) electrons. The van der Waals surface area contributed by atoms with Crippen molar-refractivity contribution in [3.8, 4) is 11.5 Å². The summed E-state index contributed by atoms with van der Waals surface area (Å²) in [4.78, 5) is 20.6. The highest BCUT2D eigenvalue weighted by atomic mass is 16.6. The molecule has 0 saturated carbocycles. The zero-order valence-corrected chi connectivity index (χ0v) is 11.0. The molecule has 0 aliphatic rings. The van der Waals surface area contributed by atoms with Crippen molar-refractivity contribution in [2.24, 2.45) is 0 Å². The van der Waals surface area contributed by atoms with Gasteiger partial charge in [0.2, 0.25) is 5.75 Å². The van der Waals surface area contributed by atoms with E-state index in [2.05, 4.69) is 0 Å². The van der Waals surface area contributed by atoms with Crippen molar-refractivity contribution in [3.63, 3.8) is 0 Å². The number of nitro groups is 2. The molecule has 21 heavy (non-hydrogen) atoms. The van der Waals surface area contributed by atoms with Crippen LogP contribution in [0.15, 0.2) is 36.4 Å². The van der Waals surface area contributed by atoms with Gasteiger partial charge in [-0.3, -0.25) is 20.2 Å². The van der Waals surface area contributed by atoms with Gasteiger partial charge in [-0.1, -0.05) is 6.07 Å². The van der Waals surface area contributed by atoms with Crippen molar-refractivity contribution < 1.29 is 14.6 Å². The van der Waals surface area contributed by atoms with Crippen LogP contribution in [0, 0.1) is 27.2 Å². The SMILES string of the molecule is Cc1ccc(Oc2cc(N)cc([N+](=O)[O-])c2)c([N+](=O)[O-])c1. The summed E-state index contributed by atoms with van der Waals surface area (Å²) in [5.41, 5.74) is 5.92. The zero-order valence-electron chi connectivity index (χ0n) is 11.0. The summed E-state index contributed by atoms with van der Waals surface area (Å²) in [6.07, 6.45) is 0. The molecular formula is C13H11N3O5. The van der Waals surface area contributed by atoms with Gasteiger partial charge < -0.3 is 10.5 Å². The summed E-state index contributed by atoms with van der Waals surface area (Å²) >= 11 is 0. The van der Waals surface area contributed by atoms with Crippen LogP contribution in [0.5, 0.6) is 11.5 Å². The molecule has 0 saturated heterocycles. The Kier molecular flexibility index (Phi) is 3.70. The third-order valence-electron chi connectivity index (χ3n) is 2.66. The van der Waals surface area contributed by atoms with Crippen molar-refractivity contribution in [2.75, 3.05) is 5.73 Å². The highest BCUT2D eigenvalue weighted by molar-refractivity contribution is 5.56. The van der Waals surface area contributed by atoms with Crippen LogP contribution < -0.4 is 10.5 Å². The third-order valence-corrected chi connectivity index (χ3v) is 2.66. The number of nitrogens with two attached hydrogens (primary N) is 1. The average Bonchev–Trinajstić information content (AvgIpc) is 2.40. The Hall–Kier alpha value is -3.16. The largest absolute Gasteiger partial charge is 0.450 e. The Morgan fingerprint density at radius 2 is 1.76 bits per heavy atom. The molecule has 8 heteroatoms. The number of nitrogen functional groups attached to an aromatic ring is 1. The summed E-state index contributed by atoms with van der Waals surface area (Å²) in [5.74, 6) is 0.0548. The predicted molar refractivity (Wildman–Crippen MR) is 75.4 cm³/mol. The van der Waals surface area contributed by atoms with E-state index in [-0.39, 0.29) is 28.6 Å². The molecule has 0 unspecified atom stereocenters. The number of rotatable bonds is 4. The number of nitro benzene ring substituents is 2. The van der Waals surface area contributed by atoms with Crippen LogP contribution in [-0.2, 0) is 0 Å². The van der Waals surface area contributed by atoms with E-state index in [0.717, 1.165) is 6.07 Å². The van der Waals surface area contributed by atoms with Crippen molar-refractivity contribution in [1.29, 1.82) is 0 Å². The number of nitrogens with zero attached hydrogens (tertiary/aromatic N) is 2. The zero-order chi connectivity index (χ0) is 15.6. The van der Waals surface area contributed by atoms with Gasteiger partial charge in [-0.2, -0.15) is 0 Å². The molecular weight excluding hydrogens is 278 g/mol. The minimum atomic E-state index is -0.618. The second-order valence-corrected chi connectivity index (χ2v) is 4.35. The van der Waals surface area contributed by atoms with Gasteiger partial charge in [0, 0.05) is 23.9 Å². The number of ether oxygens (including phenoxy) is 1. The van der Waals surface area contributed by atoms with Crippen LogP contribution in [0.3, 0.4) is 0 Å². The Morgan fingerprint density at radius 3 is 2.38 bits per heavy atom. The second-order valence-electron chi connectivity index (χ2n) is 4.35. The highest BCUT2D eigenvalue weighted by Gasteiger charge is 2.17. The summed E-state index contributed by atoms with van der Waals surface area (Å²) in [6, 6.07) is 8.12. The van der Waals surface area contributed by atoms with Crippen molar-refractivity contribution in [3.05, 3.63) is 62.2 Å². The molecule has 2 N–H and O–H groups in total. The Morgan fingerprint density at radius 1 is 1.05 bits per heavy atom. The lowest BCUT2D eigenvalue weighted by molar-refractivity contribution is -0.386.